The molecule has 108 valence electrons. The molecular formula is C15H17NO2RuS. The van der Waals surface area contributed by atoms with E-state index in [9.17, 15) is 0 Å². The zero-order valence-electron chi connectivity index (χ0n) is 11.1. The maximum absolute atomic E-state index is 9.00. The van der Waals surface area contributed by atoms with E-state index >= 15 is 0 Å². The van der Waals surface area contributed by atoms with Gasteiger partial charge in [-0.15, -0.1) is 12.1 Å². The first-order valence-corrected chi connectivity index (χ1v) is 7.29. The van der Waals surface area contributed by atoms with E-state index < -0.39 is 10.7 Å². The SMILES string of the molecule is C[S-](=O)=O.N[C@H]([CH-]c1ccccc1)c1ccccc1.[Ru+2]. The Morgan fingerprint density at radius 2 is 1.35 bits per heavy atom. The predicted octanol–water partition coefficient (Wildman–Crippen LogP) is 2.86. The molecular weight excluding hydrogens is 359 g/mol. The fourth-order valence-corrected chi connectivity index (χ4v) is 1.54. The molecule has 2 N–H and O–H groups in total. The van der Waals surface area contributed by atoms with Gasteiger partial charge in [-0.1, -0.05) is 53.4 Å². The normalized spacial score (nSPS) is 10.8. The van der Waals surface area contributed by atoms with E-state index in [1.807, 2.05) is 48.5 Å². The minimum absolute atomic E-state index is 0. The van der Waals surface area contributed by atoms with E-state index in [2.05, 4.69) is 18.6 Å². The van der Waals surface area contributed by atoms with Gasteiger partial charge in [0, 0.05) is 6.04 Å². The zero-order valence-corrected chi connectivity index (χ0v) is 13.6. The maximum Gasteiger partial charge on any atom is 2.00 e. The molecule has 0 heterocycles. The zero-order chi connectivity index (χ0) is 14.1. The molecule has 0 amide bonds. The van der Waals surface area contributed by atoms with Crippen LogP contribution in [-0.2, 0) is 38.6 Å². The number of hydrogen-bond acceptors (Lipinski definition) is 4. The van der Waals surface area contributed by atoms with Gasteiger partial charge in [-0.05, 0) is 5.56 Å². The fourth-order valence-electron chi connectivity index (χ4n) is 1.54. The number of hydrogen-bond donors (Lipinski definition) is 1. The molecule has 2 rings (SSSR count). The van der Waals surface area contributed by atoms with Gasteiger partial charge in [-0.25, -0.2) is 0 Å². The maximum atomic E-state index is 9.00. The molecule has 0 fully saturated rings. The molecule has 0 aliphatic heterocycles. The van der Waals surface area contributed by atoms with Gasteiger partial charge in [0.2, 0.25) is 0 Å². The van der Waals surface area contributed by atoms with Crippen LogP contribution in [0.2, 0.25) is 0 Å². The van der Waals surface area contributed by atoms with Crippen LogP contribution in [0.25, 0.3) is 0 Å². The van der Waals surface area contributed by atoms with Crippen molar-refractivity contribution in [2.24, 2.45) is 5.73 Å². The molecule has 2 aromatic carbocycles. The number of rotatable bonds is 3. The molecule has 2 aromatic rings. The first kappa shape index (κ1) is 18.8. The summed E-state index contributed by atoms with van der Waals surface area (Å²) in [5.41, 5.74) is 8.37. The quantitative estimate of drug-likeness (QED) is 0.509. The molecule has 0 aromatic heterocycles. The third kappa shape index (κ3) is 8.10. The summed E-state index contributed by atoms with van der Waals surface area (Å²) < 4.78 is 18.0. The van der Waals surface area contributed by atoms with Crippen molar-refractivity contribution in [3.8, 4) is 0 Å². The molecule has 0 spiro atoms. The third-order valence-electron chi connectivity index (χ3n) is 2.36. The average Bonchev–Trinajstić information content (AvgIpc) is 2.40. The largest absolute Gasteiger partial charge is 2.00 e. The smallest absolute Gasteiger partial charge is 0.424 e. The monoisotopic (exact) mass is 377 g/mol. The van der Waals surface area contributed by atoms with E-state index in [1.165, 1.54) is 0 Å². The summed E-state index contributed by atoms with van der Waals surface area (Å²) in [6.45, 7) is 0. The molecule has 5 heteroatoms. The summed E-state index contributed by atoms with van der Waals surface area (Å²) in [6.07, 6.45) is 3.15. The Bertz CT molecular complexity index is 536. The first-order valence-electron chi connectivity index (χ1n) is 5.81. The molecule has 0 saturated carbocycles. The van der Waals surface area contributed by atoms with E-state index in [1.54, 1.807) is 0 Å². The summed E-state index contributed by atoms with van der Waals surface area (Å²) in [7, 11) is -1.86. The number of benzene rings is 2. The summed E-state index contributed by atoms with van der Waals surface area (Å²) in [5, 5.41) is 0. The average molecular weight is 376 g/mol. The molecule has 0 saturated heterocycles. The van der Waals surface area contributed by atoms with Crippen molar-refractivity contribution < 1.29 is 27.9 Å². The Balaban J connectivity index is 0.000000644. The van der Waals surface area contributed by atoms with Crippen LogP contribution in [0.4, 0.5) is 0 Å². The van der Waals surface area contributed by atoms with Crippen molar-refractivity contribution in [2.75, 3.05) is 6.26 Å². The Morgan fingerprint density at radius 1 is 0.950 bits per heavy atom. The topological polar surface area (TPSA) is 60.2 Å². The van der Waals surface area contributed by atoms with E-state index in [0.717, 1.165) is 17.4 Å². The molecule has 0 radical (unpaired) electrons. The summed E-state index contributed by atoms with van der Waals surface area (Å²) in [6, 6.07) is 20.2. The third-order valence-corrected chi connectivity index (χ3v) is 2.36. The Morgan fingerprint density at radius 3 is 1.80 bits per heavy atom. The van der Waals surface area contributed by atoms with Crippen molar-refractivity contribution >= 4 is 10.7 Å². The molecule has 0 unspecified atom stereocenters. The van der Waals surface area contributed by atoms with Gasteiger partial charge >= 0.3 is 19.5 Å². The number of nitrogens with two attached hydrogens (primary N) is 1. The van der Waals surface area contributed by atoms with Gasteiger partial charge in [0.25, 0.3) is 0 Å². The van der Waals surface area contributed by atoms with Crippen LogP contribution < -0.4 is 5.73 Å². The Hall–Kier alpha value is -1.16. The van der Waals surface area contributed by atoms with Crippen LogP contribution in [-0.4, -0.2) is 6.26 Å². The molecule has 0 bridgehead atoms. The van der Waals surface area contributed by atoms with Crippen LogP contribution in [0.1, 0.15) is 17.2 Å². The van der Waals surface area contributed by atoms with Gasteiger partial charge in [-0.3, -0.25) is 0 Å². The van der Waals surface area contributed by atoms with E-state index in [0.29, 0.717) is 0 Å². The van der Waals surface area contributed by atoms with Crippen LogP contribution in [0, 0.1) is 6.42 Å². The second kappa shape index (κ2) is 10.6. The second-order valence-electron chi connectivity index (χ2n) is 3.92. The van der Waals surface area contributed by atoms with Crippen LogP contribution in [0.5, 0.6) is 0 Å². The Labute approximate surface area is 134 Å². The van der Waals surface area contributed by atoms with E-state index in [4.69, 9.17) is 14.2 Å². The van der Waals surface area contributed by atoms with Gasteiger partial charge in [0.1, 0.15) is 0 Å². The van der Waals surface area contributed by atoms with Crippen LogP contribution >= 0.6 is 0 Å². The van der Waals surface area contributed by atoms with Crippen molar-refractivity contribution in [2.45, 2.75) is 6.04 Å². The fraction of sp³-hybridized carbons (Fsp3) is 0.133. The van der Waals surface area contributed by atoms with Crippen molar-refractivity contribution in [3.05, 3.63) is 78.2 Å². The molecule has 0 aliphatic carbocycles. The van der Waals surface area contributed by atoms with E-state index in [-0.39, 0.29) is 25.5 Å². The molecule has 3 nitrogen and oxygen atoms in total. The minimum atomic E-state index is -1.86. The molecule has 0 aliphatic rings. The second-order valence-corrected chi connectivity index (χ2v) is 4.72. The van der Waals surface area contributed by atoms with Gasteiger partial charge < -0.3 is 14.2 Å². The van der Waals surface area contributed by atoms with Crippen molar-refractivity contribution in [1.82, 2.24) is 0 Å². The van der Waals surface area contributed by atoms with Crippen molar-refractivity contribution in [3.63, 3.8) is 0 Å². The van der Waals surface area contributed by atoms with Gasteiger partial charge in [-0.2, -0.15) is 24.1 Å². The molecule has 20 heavy (non-hydrogen) atoms. The van der Waals surface area contributed by atoms with Crippen LogP contribution in [0.3, 0.4) is 0 Å². The predicted molar refractivity (Wildman–Crippen MR) is 77.9 cm³/mol. The standard InChI is InChI=1S/C14H14N.CH3O2S.Ru/c15-14(13-9-5-2-6-10-13)11-12-7-3-1-4-8-12;1-4(2)3;/h1-11,14H,15H2;1H3;/q2*-1;+2/t14-;;/m1../s1. The van der Waals surface area contributed by atoms with Crippen molar-refractivity contribution in [1.29, 1.82) is 0 Å². The summed E-state index contributed by atoms with van der Waals surface area (Å²) in [5.74, 6) is 0. The first-order chi connectivity index (χ1) is 9.09. The minimum Gasteiger partial charge on any atom is -0.424 e. The molecule has 1 atom stereocenters. The Kier molecular flexibility index (Phi) is 10.00. The van der Waals surface area contributed by atoms with Gasteiger partial charge in [0.15, 0.2) is 0 Å². The van der Waals surface area contributed by atoms with Crippen LogP contribution in [0.15, 0.2) is 60.7 Å². The summed E-state index contributed by atoms with van der Waals surface area (Å²) in [4.78, 5) is 0. The van der Waals surface area contributed by atoms with Gasteiger partial charge in [0.05, 0.1) is 0 Å². The summed E-state index contributed by atoms with van der Waals surface area (Å²) >= 11 is 0.